The summed E-state index contributed by atoms with van der Waals surface area (Å²) in [6.07, 6.45) is 0.256. The summed E-state index contributed by atoms with van der Waals surface area (Å²) in [5, 5.41) is 14.4. The molecule has 1 unspecified atom stereocenters. The summed E-state index contributed by atoms with van der Waals surface area (Å²) < 4.78 is 11.8. The lowest BCUT2D eigenvalue weighted by atomic mass is 10.1. The smallest absolute Gasteiger partial charge is 0.412 e. The minimum Gasteiger partial charge on any atom is -0.481 e. The number of carboxylic acids is 1. The molecule has 1 saturated carbocycles. The van der Waals surface area contributed by atoms with Crippen LogP contribution in [0.4, 0.5) is 10.5 Å². The monoisotopic (exact) mass is 528 g/mol. The molecule has 0 aliphatic heterocycles. The number of carbonyl (C=O) groups excluding carboxylic acids is 1. The minimum atomic E-state index is -0.746. The van der Waals surface area contributed by atoms with Crippen LogP contribution in [0.15, 0.2) is 41.8 Å². The number of aliphatic carboxylic acids is 1. The van der Waals surface area contributed by atoms with E-state index in [1.807, 2.05) is 30.3 Å². The van der Waals surface area contributed by atoms with E-state index >= 15 is 0 Å². The number of amides is 1. The highest BCUT2D eigenvalue weighted by Crippen LogP contribution is 2.52. The Kier molecular flexibility index (Phi) is 6.08. The number of hydrogen-bond acceptors (Lipinski definition) is 7. The van der Waals surface area contributed by atoms with Gasteiger partial charge in [0.1, 0.15) is 11.5 Å². The molecule has 1 atom stereocenters. The van der Waals surface area contributed by atoms with Gasteiger partial charge in [-0.05, 0) is 61.3 Å². The Balaban J connectivity index is 1.27. The molecule has 4 aromatic rings. The number of hydrogen-bond donors (Lipinski definition) is 2. The number of aromatic nitrogens is 1. The number of fused-ring (bicyclic) bond motifs is 1. The lowest BCUT2D eigenvalue weighted by Crippen LogP contribution is -2.17. The van der Waals surface area contributed by atoms with Crippen LogP contribution >= 0.6 is 45.8 Å². The van der Waals surface area contributed by atoms with Crippen LogP contribution < -0.4 is 5.32 Å². The van der Waals surface area contributed by atoms with Crippen LogP contribution in [0.1, 0.15) is 46.9 Å². The van der Waals surface area contributed by atoms with Crippen LogP contribution in [0.2, 0.25) is 5.02 Å². The molecule has 0 radical (unpaired) electrons. The average Bonchev–Trinajstić information content (AvgIpc) is 3.12. The zero-order chi connectivity index (χ0) is 23.9. The predicted molar refractivity (Wildman–Crippen MR) is 136 cm³/mol. The number of ether oxygens (including phenoxy) is 1. The predicted octanol–water partition coefficient (Wildman–Crippen LogP) is 6.90. The number of halogens is 1. The molecule has 0 saturated heterocycles. The fourth-order valence-electron chi connectivity index (χ4n) is 3.53. The highest BCUT2D eigenvalue weighted by Gasteiger charge is 2.53. The van der Waals surface area contributed by atoms with Crippen molar-refractivity contribution in [3.63, 3.8) is 0 Å². The van der Waals surface area contributed by atoms with E-state index in [4.69, 9.17) is 16.3 Å². The van der Waals surface area contributed by atoms with Crippen molar-refractivity contribution in [2.45, 2.75) is 31.3 Å². The first-order valence-electron chi connectivity index (χ1n) is 10.3. The summed E-state index contributed by atoms with van der Waals surface area (Å²) in [5.74, 6) is 5.37. The van der Waals surface area contributed by atoms with Crippen molar-refractivity contribution in [1.82, 2.24) is 4.37 Å². The second-order valence-corrected chi connectivity index (χ2v) is 11.1. The Morgan fingerprint density at radius 2 is 1.97 bits per heavy atom. The Morgan fingerprint density at radius 3 is 2.68 bits per heavy atom. The van der Waals surface area contributed by atoms with Crippen molar-refractivity contribution >= 4 is 73.0 Å². The third-order valence-corrected chi connectivity index (χ3v) is 8.96. The molecule has 1 aliphatic carbocycles. The van der Waals surface area contributed by atoms with Crippen molar-refractivity contribution in [1.29, 1.82) is 0 Å². The summed E-state index contributed by atoms with van der Waals surface area (Å²) >= 11 is 10.4. The second kappa shape index (κ2) is 9.04. The third kappa shape index (κ3) is 4.42. The van der Waals surface area contributed by atoms with Crippen LogP contribution in [0.25, 0.3) is 9.40 Å². The number of thiophene rings is 2. The van der Waals surface area contributed by atoms with Crippen molar-refractivity contribution in [3.8, 4) is 11.8 Å². The van der Waals surface area contributed by atoms with E-state index < -0.39 is 23.6 Å². The molecule has 3 aromatic heterocycles. The second-order valence-electron chi connectivity index (χ2n) is 7.86. The van der Waals surface area contributed by atoms with Gasteiger partial charge in [-0.15, -0.1) is 22.7 Å². The Hall–Kier alpha value is -2.90. The van der Waals surface area contributed by atoms with E-state index in [2.05, 4.69) is 21.5 Å². The topological polar surface area (TPSA) is 88.5 Å². The van der Waals surface area contributed by atoms with Crippen LogP contribution in [-0.2, 0) is 14.9 Å². The molecule has 34 heavy (non-hydrogen) atoms. The summed E-state index contributed by atoms with van der Waals surface area (Å²) in [6, 6.07) is 11.2. The maximum absolute atomic E-state index is 12.4. The molecule has 0 bridgehead atoms. The molecule has 172 valence electrons. The van der Waals surface area contributed by atoms with Crippen LogP contribution in [0.5, 0.6) is 0 Å². The fraction of sp³-hybridized carbons (Fsp3) is 0.208. The van der Waals surface area contributed by atoms with Gasteiger partial charge in [-0.2, -0.15) is 4.37 Å². The lowest BCUT2D eigenvalue weighted by Gasteiger charge is -2.15. The summed E-state index contributed by atoms with van der Waals surface area (Å²) in [6.45, 7) is 1.75. The van der Waals surface area contributed by atoms with Crippen molar-refractivity contribution < 1.29 is 19.4 Å². The summed E-state index contributed by atoms with van der Waals surface area (Å²) in [7, 11) is 0. The molecule has 6 nitrogen and oxygen atoms in total. The van der Waals surface area contributed by atoms with E-state index in [1.54, 1.807) is 18.4 Å². The van der Waals surface area contributed by atoms with Gasteiger partial charge < -0.3 is 9.84 Å². The first kappa shape index (κ1) is 22.9. The first-order chi connectivity index (χ1) is 16.4. The lowest BCUT2D eigenvalue weighted by molar-refractivity contribution is -0.139. The van der Waals surface area contributed by atoms with Gasteiger partial charge in [-0.3, -0.25) is 10.1 Å². The van der Waals surface area contributed by atoms with Gasteiger partial charge in [0.15, 0.2) is 5.69 Å². The minimum absolute atomic E-state index is 0.451. The molecule has 3 heterocycles. The summed E-state index contributed by atoms with van der Waals surface area (Å²) in [4.78, 5) is 25.7. The normalized spacial score (nSPS) is 14.8. The number of anilines is 1. The number of carbonyl (C=O) groups is 2. The molecular formula is C24H17ClN2O4S3. The number of nitrogens with zero attached hydrogens (tertiary/aromatic N) is 1. The van der Waals surface area contributed by atoms with E-state index in [1.165, 1.54) is 34.2 Å². The van der Waals surface area contributed by atoms with Crippen LogP contribution in [0.3, 0.4) is 0 Å². The van der Waals surface area contributed by atoms with Crippen molar-refractivity contribution in [3.05, 3.63) is 67.8 Å². The SMILES string of the molecule is CC(OC(=O)Nc1csnc1C#Cc1cc2sc(C3(C(=O)O)CC3)cc2s1)c1ccccc1Cl. The quantitative estimate of drug-likeness (QED) is 0.275. The van der Waals surface area contributed by atoms with Gasteiger partial charge in [0.25, 0.3) is 0 Å². The number of carboxylic acid groups (broad SMARTS) is 1. The van der Waals surface area contributed by atoms with E-state index in [-0.39, 0.29) is 0 Å². The molecule has 1 aromatic carbocycles. The van der Waals surface area contributed by atoms with Gasteiger partial charge in [-0.1, -0.05) is 29.8 Å². The number of rotatable bonds is 5. The van der Waals surface area contributed by atoms with E-state index in [0.29, 0.717) is 29.2 Å². The third-order valence-electron chi connectivity index (χ3n) is 5.58. The number of benzene rings is 1. The zero-order valence-corrected chi connectivity index (χ0v) is 21.0. The van der Waals surface area contributed by atoms with E-state index in [9.17, 15) is 14.7 Å². The van der Waals surface area contributed by atoms with Gasteiger partial charge in [0.05, 0.1) is 10.6 Å². The van der Waals surface area contributed by atoms with Crippen molar-refractivity contribution in [2.75, 3.05) is 5.32 Å². The standard InChI is InChI=1S/C24H17ClN2O4S3/c1-13(15-4-2-3-5-16(15)25)31-23(30)26-18-12-32-27-17(18)7-6-14-10-19-20(33-14)11-21(34-19)24(8-9-24)22(28)29/h2-5,10-13H,8-9H2,1H3,(H,26,30)(H,28,29). The zero-order valence-electron chi connectivity index (χ0n) is 17.8. The largest absolute Gasteiger partial charge is 0.481 e. The molecule has 1 aliphatic rings. The van der Waals surface area contributed by atoms with Gasteiger partial charge >= 0.3 is 12.1 Å². The van der Waals surface area contributed by atoms with Crippen molar-refractivity contribution in [2.24, 2.45) is 0 Å². The molecule has 1 amide bonds. The molecule has 2 N–H and O–H groups in total. The van der Waals surface area contributed by atoms with Gasteiger partial charge in [-0.25, -0.2) is 4.79 Å². The van der Waals surface area contributed by atoms with Crippen LogP contribution in [-0.4, -0.2) is 21.5 Å². The molecule has 0 spiro atoms. The molecule has 1 fully saturated rings. The summed E-state index contributed by atoms with van der Waals surface area (Å²) in [5.41, 5.74) is 0.966. The Morgan fingerprint density at radius 1 is 1.21 bits per heavy atom. The first-order valence-corrected chi connectivity index (χ1v) is 13.2. The maximum Gasteiger partial charge on any atom is 0.412 e. The highest BCUT2D eigenvalue weighted by atomic mass is 35.5. The van der Waals surface area contributed by atoms with Crippen LogP contribution in [0, 0.1) is 11.8 Å². The van der Waals surface area contributed by atoms with E-state index in [0.717, 1.165) is 24.7 Å². The molecular weight excluding hydrogens is 512 g/mol. The highest BCUT2D eigenvalue weighted by molar-refractivity contribution is 7.28. The number of nitrogens with one attached hydrogen (secondary N) is 1. The average molecular weight is 529 g/mol. The fourth-order valence-corrected chi connectivity index (χ4v) is 6.88. The Labute approximate surface area is 212 Å². The van der Waals surface area contributed by atoms with Gasteiger partial charge in [0, 0.05) is 30.2 Å². The van der Waals surface area contributed by atoms with Gasteiger partial charge in [0.2, 0.25) is 0 Å². The molecule has 5 rings (SSSR count). The Bertz CT molecular complexity index is 1440. The molecule has 10 heteroatoms. The maximum atomic E-state index is 12.4.